The molecular weight excluding hydrogens is 502 g/mol. The van der Waals surface area contributed by atoms with E-state index in [1.807, 2.05) is 11.0 Å². The first-order valence-electron chi connectivity index (χ1n) is 14.7. The van der Waals surface area contributed by atoms with Gasteiger partial charge in [-0.2, -0.15) is 15.5 Å². The van der Waals surface area contributed by atoms with E-state index < -0.39 is 23.7 Å². The molecule has 0 N–H and O–H groups in total. The van der Waals surface area contributed by atoms with E-state index in [1.54, 1.807) is 45.3 Å². The smallest absolute Gasteiger partial charge is 0.253 e. The number of likely N-dealkylation sites (N-methyl/N-ethyl adjacent to an activating group) is 1. The Bertz CT molecular complexity index is 1130. The van der Waals surface area contributed by atoms with Gasteiger partial charge >= 0.3 is 0 Å². The Morgan fingerprint density at radius 1 is 1.07 bits per heavy atom. The molecule has 0 saturated heterocycles. The molecular formula is C32H47N5O3. The van der Waals surface area contributed by atoms with Gasteiger partial charge in [0, 0.05) is 18.7 Å². The van der Waals surface area contributed by atoms with E-state index in [0.717, 1.165) is 51.5 Å². The molecule has 1 aromatic rings. The first-order chi connectivity index (χ1) is 19.1. The van der Waals surface area contributed by atoms with E-state index in [9.17, 15) is 19.6 Å². The van der Waals surface area contributed by atoms with Gasteiger partial charge < -0.3 is 4.90 Å². The van der Waals surface area contributed by atoms with Gasteiger partial charge in [0.15, 0.2) is 17.6 Å². The zero-order valence-corrected chi connectivity index (χ0v) is 25.4. The maximum Gasteiger partial charge on any atom is 0.253 e. The number of nitrogens with zero attached hydrogens (tertiary/aromatic N) is 5. The van der Waals surface area contributed by atoms with Crippen LogP contribution in [0.2, 0.25) is 0 Å². The number of Topliss-reactive ketones (excluding diaryl/α,β-unsaturated/α-hetero) is 2. The Morgan fingerprint density at radius 2 is 1.75 bits per heavy atom. The summed E-state index contributed by atoms with van der Waals surface area (Å²) in [5, 5.41) is 18.1. The summed E-state index contributed by atoms with van der Waals surface area (Å²) in [6, 6.07) is 6.84. The van der Waals surface area contributed by atoms with Crippen LogP contribution in [0.25, 0.3) is 0 Å². The molecule has 8 nitrogen and oxygen atoms in total. The highest BCUT2D eigenvalue weighted by Gasteiger charge is 2.43. The molecule has 40 heavy (non-hydrogen) atoms. The van der Waals surface area contributed by atoms with Gasteiger partial charge in [-0.05, 0) is 69.5 Å². The fourth-order valence-electron chi connectivity index (χ4n) is 5.23. The van der Waals surface area contributed by atoms with Crippen molar-refractivity contribution in [1.29, 1.82) is 5.26 Å². The zero-order chi connectivity index (χ0) is 29.8. The van der Waals surface area contributed by atoms with Crippen LogP contribution in [0.5, 0.6) is 0 Å². The predicted octanol–water partition coefficient (Wildman–Crippen LogP) is 6.55. The van der Waals surface area contributed by atoms with Crippen LogP contribution < -0.4 is 0 Å². The van der Waals surface area contributed by atoms with E-state index in [2.05, 4.69) is 37.9 Å². The van der Waals surface area contributed by atoms with Gasteiger partial charge in [0.05, 0.1) is 11.3 Å². The third kappa shape index (κ3) is 8.66. The minimum absolute atomic E-state index is 0.0230. The summed E-state index contributed by atoms with van der Waals surface area (Å²) >= 11 is 0. The van der Waals surface area contributed by atoms with Crippen LogP contribution in [0.4, 0.5) is 5.69 Å². The third-order valence-corrected chi connectivity index (χ3v) is 7.74. The van der Waals surface area contributed by atoms with Crippen LogP contribution in [0.1, 0.15) is 89.9 Å². The minimum Gasteiger partial charge on any atom is -0.338 e. The molecule has 0 fully saturated rings. The first-order valence-corrected chi connectivity index (χ1v) is 14.7. The topological polar surface area (TPSA) is 106 Å². The largest absolute Gasteiger partial charge is 0.338 e. The van der Waals surface area contributed by atoms with Crippen molar-refractivity contribution in [3.05, 3.63) is 41.0 Å². The number of nitriles is 1. The molecule has 1 amide bonds. The number of amides is 1. The summed E-state index contributed by atoms with van der Waals surface area (Å²) in [5.41, 5.74) is 1.23. The van der Waals surface area contributed by atoms with Crippen LogP contribution in [0.3, 0.4) is 0 Å². The molecule has 1 aromatic carbocycles. The Morgan fingerprint density at radius 3 is 2.35 bits per heavy atom. The lowest BCUT2D eigenvalue weighted by Crippen LogP contribution is -2.51. The maximum atomic E-state index is 13.8. The highest BCUT2D eigenvalue weighted by molar-refractivity contribution is 6.21. The summed E-state index contributed by atoms with van der Waals surface area (Å²) in [5.74, 6) is -0.0765. The van der Waals surface area contributed by atoms with Crippen molar-refractivity contribution in [2.24, 2.45) is 22.1 Å². The van der Waals surface area contributed by atoms with Crippen molar-refractivity contribution in [3.63, 3.8) is 0 Å². The summed E-state index contributed by atoms with van der Waals surface area (Å²) in [7, 11) is 3.25. The fourth-order valence-corrected chi connectivity index (χ4v) is 5.23. The number of unbranched alkanes of at least 4 members (excludes halogenated alkanes) is 2. The maximum absolute atomic E-state index is 13.8. The Labute approximate surface area is 240 Å². The van der Waals surface area contributed by atoms with Crippen LogP contribution in [-0.4, -0.2) is 66.5 Å². The van der Waals surface area contributed by atoms with Crippen LogP contribution in [-0.2, 0) is 9.59 Å². The van der Waals surface area contributed by atoms with E-state index in [0.29, 0.717) is 35.2 Å². The Hall–Kier alpha value is -3.18. The van der Waals surface area contributed by atoms with Crippen molar-refractivity contribution in [1.82, 2.24) is 9.80 Å². The van der Waals surface area contributed by atoms with Crippen LogP contribution in [0, 0.1) is 23.2 Å². The Kier molecular flexibility index (Phi) is 13.4. The summed E-state index contributed by atoms with van der Waals surface area (Å²) in [6.07, 6.45) is 7.81. The van der Waals surface area contributed by atoms with Gasteiger partial charge in [-0.15, -0.1) is 0 Å². The van der Waals surface area contributed by atoms with Gasteiger partial charge in [0.25, 0.3) is 5.91 Å². The number of azo groups is 1. The third-order valence-electron chi connectivity index (χ3n) is 7.74. The molecule has 2 rings (SSSR count). The molecule has 4 atom stereocenters. The summed E-state index contributed by atoms with van der Waals surface area (Å²) in [4.78, 5) is 43.0. The number of rotatable bonds is 15. The molecule has 1 aliphatic carbocycles. The lowest BCUT2D eigenvalue weighted by molar-refractivity contribution is -0.132. The highest BCUT2D eigenvalue weighted by Crippen LogP contribution is 2.27. The zero-order valence-electron chi connectivity index (χ0n) is 25.4. The molecule has 0 heterocycles. The molecule has 218 valence electrons. The van der Waals surface area contributed by atoms with Crippen LogP contribution in [0.15, 0.2) is 45.6 Å². The fraction of sp³-hybridized carbons (Fsp3) is 0.625. The van der Waals surface area contributed by atoms with Crippen molar-refractivity contribution in [3.8, 4) is 6.07 Å². The lowest BCUT2D eigenvalue weighted by Gasteiger charge is -2.30. The van der Waals surface area contributed by atoms with Gasteiger partial charge in [0.1, 0.15) is 12.1 Å². The lowest BCUT2D eigenvalue weighted by atomic mass is 9.83. The van der Waals surface area contributed by atoms with E-state index in [1.165, 1.54) is 4.90 Å². The standard InChI is InChI=1S/C32H47N5O3/c1-8-11-14-22(4)20-37(21-24(10-3)15-12-9-2)32(40)25-16-13-17-26(18-25)34-35-28-23(5)27(19-33)30(38)29(31(28)39)36(6)7/h13,16-18,22,24,28-29H,8-12,14-15,20-21H2,1-7H3. The quantitative estimate of drug-likeness (QED) is 0.182. The van der Waals surface area contributed by atoms with Crippen LogP contribution >= 0.6 is 0 Å². The average molecular weight is 550 g/mol. The second kappa shape index (κ2) is 16.2. The minimum atomic E-state index is -1.07. The average Bonchev–Trinajstić information content (AvgIpc) is 2.93. The van der Waals surface area contributed by atoms with Crippen molar-refractivity contribution in [2.45, 2.75) is 91.6 Å². The summed E-state index contributed by atoms with van der Waals surface area (Å²) in [6.45, 7) is 11.8. The van der Waals surface area contributed by atoms with Gasteiger partial charge in [-0.25, -0.2) is 0 Å². The number of ketones is 2. The van der Waals surface area contributed by atoms with E-state index in [4.69, 9.17) is 0 Å². The molecule has 1 aliphatic rings. The summed E-state index contributed by atoms with van der Waals surface area (Å²) < 4.78 is 0. The van der Waals surface area contributed by atoms with Gasteiger partial charge in [0.2, 0.25) is 0 Å². The molecule has 0 spiro atoms. The molecule has 0 aliphatic heterocycles. The Balaban J connectivity index is 2.34. The monoisotopic (exact) mass is 549 g/mol. The number of hydrogen-bond acceptors (Lipinski definition) is 7. The highest BCUT2D eigenvalue weighted by atomic mass is 16.2. The molecule has 0 bridgehead atoms. The van der Waals surface area contributed by atoms with Gasteiger partial charge in [-0.3, -0.25) is 19.3 Å². The molecule has 4 unspecified atom stereocenters. The second-order valence-electron chi connectivity index (χ2n) is 11.3. The van der Waals surface area contributed by atoms with Gasteiger partial charge in [-0.1, -0.05) is 65.9 Å². The number of benzene rings is 1. The molecule has 0 saturated carbocycles. The van der Waals surface area contributed by atoms with Crippen molar-refractivity contribution in [2.75, 3.05) is 27.2 Å². The molecule has 8 heteroatoms. The SMILES string of the molecule is CCCCC(C)CN(CC(CC)CCCC)C(=O)c1cccc(N=NC2C(=O)C(N(C)C)C(=O)C(C#N)=C2C)c1. The van der Waals surface area contributed by atoms with Crippen molar-refractivity contribution >= 4 is 23.2 Å². The number of carbonyl (C=O) groups is 3. The second-order valence-corrected chi connectivity index (χ2v) is 11.3. The van der Waals surface area contributed by atoms with E-state index >= 15 is 0 Å². The normalized spacial score (nSPS) is 19.3. The molecule has 0 radical (unpaired) electrons. The predicted molar refractivity (Wildman–Crippen MR) is 158 cm³/mol. The molecule has 0 aromatic heterocycles. The van der Waals surface area contributed by atoms with E-state index in [-0.39, 0.29) is 11.5 Å². The first kappa shape index (κ1) is 33.0. The number of carbonyl (C=O) groups excluding carboxylic acids is 3. The van der Waals surface area contributed by atoms with Crippen molar-refractivity contribution < 1.29 is 14.4 Å². The number of hydrogen-bond donors (Lipinski definition) is 0.